The van der Waals surface area contributed by atoms with Crippen molar-refractivity contribution < 1.29 is 4.79 Å². The zero-order chi connectivity index (χ0) is 9.14. The first kappa shape index (κ1) is 8.90. The van der Waals surface area contributed by atoms with E-state index in [0.29, 0.717) is 5.56 Å². The SMILES string of the molecule is CC(=O)c1ccc(C(N)N)cc1. The molecule has 0 saturated heterocycles. The first-order chi connectivity index (χ1) is 5.61. The Balaban J connectivity index is 2.93. The molecule has 12 heavy (non-hydrogen) atoms. The molecule has 0 aliphatic rings. The summed E-state index contributed by atoms with van der Waals surface area (Å²) in [5.74, 6) is 0.0483. The van der Waals surface area contributed by atoms with E-state index in [-0.39, 0.29) is 5.78 Å². The van der Waals surface area contributed by atoms with Crippen LogP contribution in [0.2, 0.25) is 0 Å². The first-order valence-corrected chi connectivity index (χ1v) is 3.73. The molecule has 1 aromatic carbocycles. The third-order valence-electron chi connectivity index (χ3n) is 1.70. The lowest BCUT2D eigenvalue weighted by molar-refractivity contribution is 0.101. The lowest BCUT2D eigenvalue weighted by Gasteiger charge is -2.04. The second-order valence-corrected chi connectivity index (χ2v) is 2.70. The Morgan fingerprint density at radius 1 is 1.25 bits per heavy atom. The zero-order valence-corrected chi connectivity index (χ0v) is 6.95. The minimum atomic E-state index is -0.467. The molecule has 0 atom stereocenters. The number of hydrogen-bond acceptors (Lipinski definition) is 3. The Hall–Kier alpha value is -1.19. The number of hydrogen-bond donors (Lipinski definition) is 2. The van der Waals surface area contributed by atoms with Crippen molar-refractivity contribution in [1.82, 2.24) is 0 Å². The maximum absolute atomic E-state index is 10.9. The molecule has 0 amide bonds. The van der Waals surface area contributed by atoms with Crippen LogP contribution in [0.15, 0.2) is 24.3 Å². The van der Waals surface area contributed by atoms with Gasteiger partial charge in [0.15, 0.2) is 5.78 Å². The van der Waals surface area contributed by atoms with E-state index in [1.165, 1.54) is 6.92 Å². The fourth-order valence-corrected chi connectivity index (χ4v) is 0.940. The highest BCUT2D eigenvalue weighted by atomic mass is 16.1. The zero-order valence-electron chi connectivity index (χ0n) is 6.95. The average Bonchev–Trinajstić information content (AvgIpc) is 2.04. The van der Waals surface area contributed by atoms with Crippen LogP contribution in [-0.2, 0) is 0 Å². The predicted octanol–water partition coefficient (Wildman–Crippen LogP) is 0.805. The van der Waals surface area contributed by atoms with E-state index < -0.39 is 6.17 Å². The number of rotatable bonds is 2. The van der Waals surface area contributed by atoms with Crippen molar-refractivity contribution in [3.05, 3.63) is 35.4 Å². The Kier molecular flexibility index (Phi) is 2.58. The Morgan fingerprint density at radius 3 is 2.08 bits per heavy atom. The van der Waals surface area contributed by atoms with Crippen molar-refractivity contribution in [3.63, 3.8) is 0 Å². The molecular formula is C9H12N2O. The summed E-state index contributed by atoms with van der Waals surface area (Å²) in [6, 6.07) is 6.98. The van der Waals surface area contributed by atoms with Crippen molar-refractivity contribution >= 4 is 5.78 Å². The summed E-state index contributed by atoms with van der Waals surface area (Å²) in [5.41, 5.74) is 12.4. The van der Waals surface area contributed by atoms with Gasteiger partial charge >= 0.3 is 0 Å². The summed E-state index contributed by atoms with van der Waals surface area (Å²) >= 11 is 0. The van der Waals surface area contributed by atoms with Crippen molar-refractivity contribution in [2.75, 3.05) is 0 Å². The Bertz CT molecular complexity index is 277. The molecule has 0 aliphatic heterocycles. The fourth-order valence-electron chi connectivity index (χ4n) is 0.940. The quantitative estimate of drug-likeness (QED) is 0.502. The summed E-state index contributed by atoms with van der Waals surface area (Å²) in [7, 11) is 0. The lowest BCUT2D eigenvalue weighted by atomic mass is 10.1. The van der Waals surface area contributed by atoms with E-state index in [9.17, 15) is 4.79 Å². The molecule has 4 N–H and O–H groups in total. The van der Waals surface area contributed by atoms with Crippen LogP contribution in [0.3, 0.4) is 0 Å². The van der Waals surface area contributed by atoms with Gasteiger partial charge in [0.2, 0.25) is 0 Å². The largest absolute Gasteiger partial charge is 0.312 e. The molecule has 0 aliphatic carbocycles. The van der Waals surface area contributed by atoms with Crippen LogP contribution in [-0.4, -0.2) is 5.78 Å². The van der Waals surface area contributed by atoms with Gasteiger partial charge in [0.05, 0.1) is 6.17 Å². The highest BCUT2D eigenvalue weighted by Crippen LogP contribution is 2.07. The number of nitrogens with two attached hydrogens (primary N) is 2. The topological polar surface area (TPSA) is 69.1 Å². The molecule has 0 spiro atoms. The van der Waals surface area contributed by atoms with Gasteiger partial charge in [-0.3, -0.25) is 4.79 Å². The van der Waals surface area contributed by atoms with Crippen LogP contribution in [0, 0.1) is 0 Å². The number of Topliss-reactive ketones (excluding diaryl/α,β-unsaturated/α-hetero) is 1. The molecule has 0 radical (unpaired) electrons. The summed E-state index contributed by atoms with van der Waals surface area (Å²) in [6.45, 7) is 1.53. The van der Waals surface area contributed by atoms with Gasteiger partial charge in [0.25, 0.3) is 0 Å². The molecule has 0 fully saturated rings. The minimum absolute atomic E-state index is 0.0483. The predicted molar refractivity (Wildman–Crippen MR) is 47.6 cm³/mol. The van der Waals surface area contributed by atoms with Crippen molar-refractivity contribution in [2.45, 2.75) is 13.1 Å². The van der Waals surface area contributed by atoms with E-state index >= 15 is 0 Å². The molecule has 0 unspecified atom stereocenters. The molecule has 0 heterocycles. The van der Waals surface area contributed by atoms with Crippen LogP contribution in [0.25, 0.3) is 0 Å². The van der Waals surface area contributed by atoms with Crippen LogP contribution < -0.4 is 11.5 Å². The number of carbonyl (C=O) groups excluding carboxylic acids is 1. The van der Waals surface area contributed by atoms with Gasteiger partial charge in [-0.15, -0.1) is 0 Å². The van der Waals surface area contributed by atoms with Gasteiger partial charge < -0.3 is 11.5 Å². The Labute approximate surface area is 71.4 Å². The highest BCUT2D eigenvalue weighted by molar-refractivity contribution is 5.94. The summed E-state index contributed by atoms with van der Waals surface area (Å²) in [5, 5.41) is 0. The maximum Gasteiger partial charge on any atom is 0.159 e. The van der Waals surface area contributed by atoms with E-state index in [1.54, 1.807) is 24.3 Å². The van der Waals surface area contributed by atoms with E-state index in [2.05, 4.69) is 0 Å². The van der Waals surface area contributed by atoms with Crippen LogP contribution in [0.4, 0.5) is 0 Å². The third-order valence-corrected chi connectivity index (χ3v) is 1.70. The van der Waals surface area contributed by atoms with E-state index in [1.807, 2.05) is 0 Å². The molecule has 1 rings (SSSR count). The number of benzene rings is 1. The minimum Gasteiger partial charge on any atom is -0.312 e. The van der Waals surface area contributed by atoms with Crippen molar-refractivity contribution in [2.24, 2.45) is 11.5 Å². The summed E-state index contributed by atoms with van der Waals surface area (Å²) < 4.78 is 0. The maximum atomic E-state index is 10.9. The van der Waals surface area contributed by atoms with Crippen LogP contribution in [0.5, 0.6) is 0 Å². The molecule has 0 aromatic heterocycles. The monoisotopic (exact) mass is 164 g/mol. The van der Waals surface area contributed by atoms with E-state index in [0.717, 1.165) is 5.56 Å². The summed E-state index contributed by atoms with van der Waals surface area (Å²) in [6.07, 6.45) is -0.467. The third kappa shape index (κ3) is 1.90. The van der Waals surface area contributed by atoms with Crippen LogP contribution >= 0.6 is 0 Å². The number of ketones is 1. The Morgan fingerprint density at radius 2 is 1.75 bits per heavy atom. The van der Waals surface area contributed by atoms with Gasteiger partial charge in [0.1, 0.15) is 0 Å². The standard InChI is InChI=1S/C9H12N2O/c1-6(12)7-2-4-8(5-3-7)9(10)11/h2-5,9H,10-11H2,1H3. The van der Waals surface area contributed by atoms with Gasteiger partial charge in [0, 0.05) is 5.56 Å². The first-order valence-electron chi connectivity index (χ1n) is 3.73. The second-order valence-electron chi connectivity index (χ2n) is 2.70. The van der Waals surface area contributed by atoms with Gasteiger partial charge in [-0.2, -0.15) is 0 Å². The van der Waals surface area contributed by atoms with Crippen molar-refractivity contribution in [1.29, 1.82) is 0 Å². The molecule has 3 heteroatoms. The van der Waals surface area contributed by atoms with Crippen molar-refractivity contribution in [3.8, 4) is 0 Å². The molecule has 0 saturated carbocycles. The van der Waals surface area contributed by atoms with Gasteiger partial charge in [-0.05, 0) is 12.5 Å². The normalized spacial score (nSPS) is 10.3. The molecule has 3 nitrogen and oxygen atoms in total. The van der Waals surface area contributed by atoms with Gasteiger partial charge in [-0.1, -0.05) is 24.3 Å². The molecule has 0 bridgehead atoms. The lowest BCUT2D eigenvalue weighted by Crippen LogP contribution is -2.19. The second kappa shape index (κ2) is 3.47. The van der Waals surface area contributed by atoms with Gasteiger partial charge in [-0.25, -0.2) is 0 Å². The van der Waals surface area contributed by atoms with E-state index in [4.69, 9.17) is 11.5 Å². The smallest absolute Gasteiger partial charge is 0.159 e. The number of carbonyl (C=O) groups is 1. The molecular weight excluding hydrogens is 152 g/mol. The summed E-state index contributed by atoms with van der Waals surface area (Å²) in [4.78, 5) is 10.9. The van der Waals surface area contributed by atoms with Crippen LogP contribution in [0.1, 0.15) is 29.0 Å². The highest BCUT2D eigenvalue weighted by Gasteiger charge is 2.01. The molecule has 64 valence electrons. The molecule has 1 aromatic rings. The fraction of sp³-hybridized carbons (Fsp3) is 0.222. The average molecular weight is 164 g/mol.